The van der Waals surface area contributed by atoms with Gasteiger partial charge in [0.25, 0.3) is 5.91 Å². The fourth-order valence-corrected chi connectivity index (χ4v) is 1.76. The van der Waals surface area contributed by atoms with Gasteiger partial charge in [-0.25, -0.2) is 0 Å². The van der Waals surface area contributed by atoms with Crippen molar-refractivity contribution >= 4 is 22.8 Å². The van der Waals surface area contributed by atoms with Crippen LogP contribution < -0.4 is 5.32 Å². The van der Waals surface area contributed by atoms with Crippen molar-refractivity contribution in [3.63, 3.8) is 0 Å². The predicted octanol–water partition coefficient (Wildman–Crippen LogP) is 1.45. The Kier molecular flexibility index (Phi) is 3.75. The minimum absolute atomic E-state index is 0.151. The highest BCUT2D eigenvalue weighted by Gasteiger charge is 2.12. The molecule has 1 heterocycles. The van der Waals surface area contributed by atoms with Crippen LogP contribution in [0.15, 0.2) is 30.3 Å². The standard InChI is InChI=1S/C14H14N2O3/c1-9-11(14(18)15-8-13(17)19-2)7-10-5-3-4-6-12(10)16-9/h3-7H,8H2,1-2H3,(H,15,18). The van der Waals surface area contributed by atoms with E-state index in [1.807, 2.05) is 24.3 Å². The lowest BCUT2D eigenvalue weighted by atomic mass is 10.1. The largest absolute Gasteiger partial charge is 0.468 e. The monoisotopic (exact) mass is 258 g/mol. The second-order valence-electron chi connectivity index (χ2n) is 4.07. The van der Waals surface area contributed by atoms with Crippen LogP contribution in [0, 0.1) is 6.92 Å². The molecule has 1 aromatic heterocycles. The van der Waals surface area contributed by atoms with Gasteiger partial charge in [-0.15, -0.1) is 0 Å². The van der Waals surface area contributed by atoms with E-state index in [1.54, 1.807) is 13.0 Å². The van der Waals surface area contributed by atoms with E-state index >= 15 is 0 Å². The molecule has 0 fully saturated rings. The first kappa shape index (κ1) is 13.0. The van der Waals surface area contributed by atoms with Crippen molar-refractivity contribution in [1.29, 1.82) is 0 Å². The van der Waals surface area contributed by atoms with Crippen molar-refractivity contribution in [1.82, 2.24) is 10.3 Å². The van der Waals surface area contributed by atoms with Gasteiger partial charge >= 0.3 is 5.97 Å². The minimum Gasteiger partial charge on any atom is -0.468 e. The topological polar surface area (TPSA) is 68.3 Å². The first-order valence-electron chi connectivity index (χ1n) is 5.83. The van der Waals surface area contributed by atoms with Gasteiger partial charge in [-0.05, 0) is 19.1 Å². The number of esters is 1. The molecule has 0 aliphatic heterocycles. The van der Waals surface area contributed by atoms with Gasteiger partial charge < -0.3 is 10.1 Å². The van der Waals surface area contributed by atoms with Gasteiger partial charge in [0, 0.05) is 5.39 Å². The Balaban J connectivity index is 2.26. The van der Waals surface area contributed by atoms with Gasteiger partial charge in [-0.3, -0.25) is 14.6 Å². The second kappa shape index (κ2) is 5.48. The Morgan fingerprint density at radius 3 is 2.79 bits per heavy atom. The number of fused-ring (bicyclic) bond motifs is 1. The lowest BCUT2D eigenvalue weighted by Crippen LogP contribution is -2.30. The highest BCUT2D eigenvalue weighted by atomic mass is 16.5. The maximum Gasteiger partial charge on any atom is 0.325 e. The number of hydrogen-bond acceptors (Lipinski definition) is 4. The Hall–Kier alpha value is -2.43. The Labute approximate surface area is 110 Å². The molecule has 0 bridgehead atoms. The molecule has 5 heteroatoms. The summed E-state index contributed by atoms with van der Waals surface area (Å²) >= 11 is 0. The van der Waals surface area contributed by atoms with Gasteiger partial charge in [0.2, 0.25) is 0 Å². The fraction of sp³-hybridized carbons (Fsp3) is 0.214. The number of benzene rings is 1. The molecular formula is C14H14N2O3. The van der Waals surface area contributed by atoms with Crippen LogP contribution in [0.5, 0.6) is 0 Å². The highest BCUT2D eigenvalue weighted by molar-refractivity contribution is 5.99. The zero-order chi connectivity index (χ0) is 13.8. The van der Waals surface area contributed by atoms with Gasteiger partial charge in [-0.2, -0.15) is 0 Å². The average Bonchev–Trinajstić information content (AvgIpc) is 2.43. The number of carbonyl (C=O) groups excluding carboxylic acids is 2. The number of aryl methyl sites for hydroxylation is 1. The van der Waals surface area contributed by atoms with Crippen molar-refractivity contribution in [2.24, 2.45) is 0 Å². The first-order valence-corrected chi connectivity index (χ1v) is 5.83. The summed E-state index contributed by atoms with van der Waals surface area (Å²) < 4.78 is 4.47. The summed E-state index contributed by atoms with van der Waals surface area (Å²) in [6.07, 6.45) is 0. The number of aromatic nitrogens is 1. The maximum atomic E-state index is 12.0. The van der Waals surface area contributed by atoms with E-state index in [2.05, 4.69) is 15.0 Å². The van der Waals surface area contributed by atoms with Crippen molar-refractivity contribution in [3.8, 4) is 0 Å². The van der Waals surface area contributed by atoms with Gasteiger partial charge in [0.1, 0.15) is 6.54 Å². The molecule has 0 aliphatic carbocycles. The quantitative estimate of drug-likeness (QED) is 0.846. The molecule has 0 saturated carbocycles. The second-order valence-corrected chi connectivity index (χ2v) is 4.07. The van der Waals surface area contributed by atoms with Crippen LogP contribution >= 0.6 is 0 Å². The average molecular weight is 258 g/mol. The number of methoxy groups -OCH3 is 1. The normalized spacial score (nSPS) is 10.2. The predicted molar refractivity (Wildman–Crippen MR) is 70.8 cm³/mol. The lowest BCUT2D eigenvalue weighted by molar-refractivity contribution is -0.139. The van der Waals surface area contributed by atoms with Gasteiger partial charge in [-0.1, -0.05) is 18.2 Å². The van der Waals surface area contributed by atoms with Crippen LogP contribution in [0.4, 0.5) is 0 Å². The van der Waals surface area contributed by atoms with Crippen LogP contribution in [0.25, 0.3) is 10.9 Å². The SMILES string of the molecule is COC(=O)CNC(=O)c1cc2ccccc2nc1C. The number of hydrogen-bond donors (Lipinski definition) is 1. The Bertz CT molecular complexity index is 638. The van der Waals surface area contributed by atoms with E-state index < -0.39 is 5.97 Å². The number of para-hydroxylation sites is 1. The third-order valence-corrected chi connectivity index (χ3v) is 2.78. The first-order chi connectivity index (χ1) is 9.11. The van der Waals surface area contributed by atoms with E-state index in [-0.39, 0.29) is 12.5 Å². The number of rotatable bonds is 3. The number of pyridine rings is 1. The van der Waals surface area contributed by atoms with Crippen molar-refractivity contribution in [2.75, 3.05) is 13.7 Å². The smallest absolute Gasteiger partial charge is 0.325 e. The lowest BCUT2D eigenvalue weighted by Gasteiger charge is -2.08. The fourth-order valence-electron chi connectivity index (χ4n) is 1.76. The van der Waals surface area contributed by atoms with Crippen LogP contribution in [0.3, 0.4) is 0 Å². The summed E-state index contributed by atoms with van der Waals surface area (Å²) in [5.74, 6) is -0.819. The van der Waals surface area contributed by atoms with E-state index in [1.165, 1.54) is 7.11 Å². The molecule has 2 aromatic rings. The number of ether oxygens (including phenoxy) is 1. The molecule has 0 spiro atoms. The molecule has 98 valence electrons. The van der Waals surface area contributed by atoms with Crippen LogP contribution in [-0.4, -0.2) is 30.5 Å². The minimum atomic E-state index is -0.486. The Morgan fingerprint density at radius 2 is 2.05 bits per heavy atom. The summed E-state index contributed by atoms with van der Waals surface area (Å²) in [7, 11) is 1.28. The van der Waals surface area contributed by atoms with Gasteiger partial charge in [0.15, 0.2) is 0 Å². The summed E-state index contributed by atoms with van der Waals surface area (Å²) in [6, 6.07) is 9.32. The highest BCUT2D eigenvalue weighted by Crippen LogP contribution is 2.16. The molecule has 1 N–H and O–H groups in total. The molecule has 1 aromatic carbocycles. The third-order valence-electron chi connectivity index (χ3n) is 2.78. The number of nitrogens with one attached hydrogen (secondary N) is 1. The zero-order valence-corrected chi connectivity index (χ0v) is 10.8. The van der Waals surface area contributed by atoms with Crippen LogP contribution in [0.2, 0.25) is 0 Å². The molecule has 0 unspecified atom stereocenters. The van der Waals surface area contributed by atoms with Gasteiger partial charge in [0.05, 0.1) is 23.9 Å². The zero-order valence-electron chi connectivity index (χ0n) is 10.8. The molecular weight excluding hydrogens is 244 g/mol. The van der Waals surface area contributed by atoms with Crippen molar-refractivity contribution in [3.05, 3.63) is 41.6 Å². The molecule has 1 amide bonds. The van der Waals surface area contributed by atoms with Crippen molar-refractivity contribution in [2.45, 2.75) is 6.92 Å². The number of nitrogens with zero attached hydrogens (tertiary/aromatic N) is 1. The summed E-state index contributed by atoms with van der Waals surface area (Å²) in [5.41, 5.74) is 1.92. The van der Waals surface area contributed by atoms with Crippen LogP contribution in [0.1, 0.15) is 16.1 Å². The molecule has 2 rings (SSSR count). The molecule has 0 atom stereocenters. The third kappa shape index (κ3) is 2.88. The summed E-state index contributed by atoms with van der Waals surface area (Å²) in [4.78, 5) is 27.3. The van der Waals surface area contributed by atoms with E-state index in [0.717, 1.165) is 10.9 Å². The van der Waals surface area contributed by atoms with E-state index in [0.29, 0.717) is 11.3 Å². The number of amides is 1. The summed E-state index contributed by atoms with van der Waals surface area (Å²) in [5, 5.41) is 3.39. The molecule has 5 nitrogen and oxygen atoms in total. The summed E-state index contributed by atoms with van der Waals surface area (Å²) in [6.45, 7) is 1.61. The molecule has 19 heavy (non-hydrogen) atoms. The van der Waals surface area contributed by atoms with Crippen LogP contribution in [-0.2, 0) is 9.53 Å². The molecule has 0 aliphatic rings. The Morgan fingerprint density at radius 1 is 1.32 bits per heavy atom. The van der Waals surface area contributed by atoms with Crippen molar-refractivity contribution < 1.29 is 14.3 Å². The molecule has 0 radical (unpaired) electrons. The molecule has 0 saturated heterocycles. The van der Waals surface area contributed by atoms with E-state index in [4.69, 9.17) is 0 Å². The van der Waals surface area contributed by atoms with E-state index in [9.17, 15) is 9.59 Å². The number of carbonyl (C=O) groups is 2. The maximum absolute atomic E-state index is 12.0.